The summed E-state index contributed by atoms with van der Waals surface area (Å²) in [5.41, 5.74) is -0.977. The van der Waals surface area contributed by atoms with E-state index in [-0.39, 0.29) is 24.8 Å². The molecule has 25 heavy (non-hydrogen) atoms. The Morgan fingerprint density at radius 3 is 2.64 bits per heavy atom. The van der Waals surface area contributed by atoms with Crippen molar-refractivity contribution < 1.29 is 27.5 Å². The van der Waals surface area contributed by atoms with Gasteiger partial charge in [0.05, 0.1) is 18.1 Å². The van der Waals surface area contributed by atoms with Crippen molar-refractivity contribution in [2.24, 2.45) is 11.3 Å². The molecule has 138 valence electrons. The highest BCUT2D eigenvalue weighted by molar-refractivity contribution is 5.82. The second-order valence-electron chi connectivity index (χ2n) is 6.87. The van der Waals surface area contributed by atoms with Gasteiger partial charge in [-0.15, -0.1) is 0 Å². The topological polar surface area (TPSA) is 46.6 Å². The maximum absolute atomic E-state index is 12.8. The lowest BCUT2D eigenvalue weighted by Crippen LogP contribution is -2.38. The first kappa shape index (κ1) is 19.3. The van der Waals surface area contributed by atoms with E-state index in [1.165, 1.54) is 13.2 Å². The third kappa shape index (κ3) is 4.32. The molecule has 1 amide bonds. The van der Waals surface area contributed by atoms with Crippen LogP contribution in [-0.2, 0) is 26.9 Å². The van der Waals surface area contributed by atoms with Gasteiger partial charge in [0.15, 0.2) is 0 Å². The largest absolute Gasteiger partial charge is 0.469 e. The minimum Gasteiger partial charge on any atom is -0.469 e. The van der Waals surface area contributed by atoms with E-state index in [2.05, 4.69) is 0 Å². The Hall–Kier alpha value is -2.05. The third-order valence-electron chi connectivity index (χ3n) is 4.68. The molecule has 1 saturated heterocycles. The summed E-state index contributed by atoms with van der Waals surface area (Å²) in [7, 11) is 1.31. The molecule has 7 heteroatoms. The van der Waals surface area contributed by atoms with E-state index in [0.29, 0.717) is 18.5 Å². The molecule has 0 bridgehead atoms. The summed E-state index contributed by atoms with van der Waals surface area (Å²) in [6.07, 6.45) is -3.67. The number of hydrogen-bond donors (Lipinski definition) is 0. The van der Waals surface area contributed by atoms with Crippen LogP contribution in [0.2, 0.25) is 0 Å². The molecule has 0 aromatic heterocycles. The zero-order valence-corrected chi connectivity index (χ0v) is 14.5. The Kier molecular flexibility index (Phi) is 5.44. The predicted molar refractivity (Wildman–Crippen MR) is 85.6 cm³/mol. The Bertz CT molecular complexity index is 659. The van der Waals surface area contributed by atoms with Crippen LogP contribution < -0.4 is 0 Å². The predicted octanol–water partition coefficient (Wildman–Crippen LogP) is 3.30. The molecule has 1 aromatic carbocycles. The van der Waals surface area contributed by atoms with Gasteiger partial charge in [0, 0.05) is 19.0 Å². The Balaban J connectivity index is 2.03. The van der Waals surface area contributed by atoms with Gasteiger partial charge < -0.3 is 9.64 Å². The fraction of sp³-hybridized carbons (Fsp3) is 0.556. The molecule has 0 radical (unpaired) electrons. The number of benzene rings is 1. The molecule has 1 aliphatic rings. The van der Waals surface area contributed by atoms with Crippen molar-refractivity contribution in [2.45, 2.75) is 32.9 Å². The van der Waals surface area contributed by atoms with Crippen LogP contribution in [-0.4, -0.2) is 37.0 Å². The summed E-state index contributed by atoms with van der Waals surface area (Å²) in [6.45, 7) is 4.16. The van der Waals surface area contributed by atoms with Gasteiger partial charge in [-0.25, -0.2) is 0 Å². The van der Waals surface area contributed by atoms with Crippen molar-refractivity contribution in [3.05, 3.63) is 35.4 Å². The second kappa shape index (κ2) is 7.06. The fourth-order valence-corrected chi connectivity index (χ4v) is 3.19. The van der Waals surface area contributed by atoms with Gasteiger partial charge in [0.1, 0.15) is 0 Å². The lowest BCUT2D eigenvalue weighted by atomic mass is 9.90. The van der Waals surface area contributed by atoms with Gasteiger partial charge in [-0.3, -0.25) is 9.59 Å². The van der Waals surface area contributed by atoms with E-state index in [0.717, 1.165) is 12.1 Å². The Labute approximate surface area is 144 Å². The fourth-order valence-electron chi connectivity index (χ4n) is 3.19. The van der Waals surface area contributed by atoms with Gasteiger partial charge in [0.2, 0.25) is 5.91 Å². The minimum atomic E-state index is -4.40. The van der Waals surface area contributed by atoms with Crippen molar-refractivity contribution in [1.82, 2.24) is 4.90 Å². The standard InChI is InChI=1S/C18H22F3NO3/c1-12(9-13-5-4-6-14(10-13)18(19,20)21)15(23)22-8-7-17(2,11-22)16(24)25-3/h4-6,10,12H,7-9,11H2,1-3H3. The van der Waals surface area contributed by atoms with Gasteiger partial charge in [0.25, 0.3) is 0 Å². The minimum absolute atomic E-state index is 0.162. The quantitative estimate of drug-likeness (QED) is 0.777. The van der Waals surface area contributed by atoms with E-state index >= 15 is 0 Å². The van der Waals surface area contributed by atoms with Crippen molar-refractivity contribution in [3.63, 3.8) is 0 Å². The van der Waals surface area contributed by atoms with Crippen LogP contribution in [0.25, 0.3) is 0 Å². The van der Waals surface area contributed by atoms with E-state index in [4.69, 9.17) is 4.74 Å². The molecule has 0 spiro atoms. The molecule has 2 rings (SSSR count). The van der Waals surface area contributed by atoms with Crippen LogP contribution in [0, 0.1) is 11.3 Å². The SMILES string of the molecule is COC(=O)C1(C)CCN(C(=O)C(C)Cc2cccc(C(F)(F)F)c2)C1. The number of ether oxygens (including phenoxy) is 1. The number of rotatable bonds is 4. The maximum Gasteiger partial charge on any atom is 0.416 e. The molecule has 0 saturated carbocycles. The molecule has 0 N–H and O–H groups in total. The van der Waals surface area contributed by atoms with Crippen LogP contribution in [0.15, 0.2) is 24.3 Å². The van der Waals surface area contributed by atoms with Crippen molar-refractivity contribution >= 4 is 11.9 Å². The summed E-state index contributed by atoms with van der Waals surface area (Å²) >= 11 is 0. The van der Waals surface area contributed by atoms with Crippen LogP contribution >= 0.6 is 0 Å². The molecule has 1 aliphatic heterocycles. The van der Waals surface area contributed by atoms with Crippen molar-refractivity contribution in [3.8, 4) is 0 Å². The summed E-state index contributed by atoms with van der Waals surface area (Å²) in [6, 6.07) is 5.02. The highest BCUT2D eigenvalue weighted by Crippen LogP contribution is 2.33. The molecule has 1 fully saturated rings. The lowest BCUT2D eigenvalue weighted by Gasteiger charge is -2.24. The molecule has 1 heterocycles. The first-order chi connectivity index (χ1) is 11.6. The van der Waals surface area contributed by atoms with E-state index < -0.39 is 23.1 Å². The first-order valence-electron chi connectivity index (χ1n) is 8.10. The number of esters is 1. The van der Waals surface area contributed by atoms with Crippen molar-refractivity contribution in [1.29, 1.82) is 0 Å². The van der Waals surface area contributed by atoms with Crippen LogP contribution in [0.5, 0.6) is 0 Å². The normalized spacial score (nSPS) is 21.9. The summed E-state index contributed by atoms with van der Waals surface area (Å²) < 4.78 is 43.1. The average molecular weight is 357 g/mol. The van der Waals surface area contributed by atoms with E-state index in [1.54, 1.807) is 24.8 Å². The Morgan fingerprint density at radius 1 is 1.36 bits per heavy atom. The molecule has 4 nitrogen and oxygen atoms in total. The third-order valence-corrected chi connectivity index (χ3v) is 4.68. The van der Waals surface area contributed by atoms with Crippen molar-refractivity contribution in [2.75, 3.05) is 20.2 Å². The van der Waals surface area contributed by atoms with Crippen LogP contribution in [0.4, 0.5) is 13.2 Å². The number of halogens is 3. The maximum atomic E-state index is 12.8. The van der Waals surface area contributed by atoms with Gasteiger partial charge >= 0.3 is 12.1 Å². The average Bonchev–Trinajstić information content (AvgIpc) is 2.96. The highest BCUT2D eigenvalue weighted by Gasteiger charge is 2.43. The monoisotopic (exact) mass is 357 g/mol. The highest BCUT2D eigenvalue weighted by atomic mass is 19.4. The zero-order valence-electron chi connectivity index (χ0n) is 14.5. The lowest BCUT2D eigenvalue weighted by molar-refractivity contribution is -0.151. The van der Waals surface area contributed by atoms with Gasteiger partial charge in [-0.1, -0.05) is 25.1 Å². The number of alkyl halides is 3. The summed E-state index contributed by atoms with van der Waals surface area (Å²) in [5, 5.41) is 0. The molecular weight excluding hydrogens is 335 g/mol. The number of carbonyl (C=O) groups is 2. The van der Waals surface area contributed by atoms with Gasteiger partial charge in [-0.05, 0) is 31.4 Å². The molecule has 2 unspecified atom stereocenters. The number of carbonyl (C=O) groups excluding carboxylic acids is 2. The second-order valence-corrected chi connectivity index (χ2v) is 6.87. The summed E-state index contributed by atoms with van der Waals surface area (Å²) in [4.78, 5) is 26.0. The Morgan fingerprint density at radius 2 is 2.04 bits per heavy atom. The number of likely N-dealkylation sites (tertiary alicyclic amines) is 1. The molecule has 0 aliphatic carbocycles. The first-order valence-corrected chi connectivity index (χ1v) is 8.10. The van der Waals surface area contributed by atoms with Crippen LogP contribution in [0.1, 0.15) is 31.4 Å². The van der Waals surface area contributed by atoms with Gasteiger partial charge in [-0.2, -0.15) is 13.2 Å². The number of nitrogens with zero attached hydrogens (tertiary/aromatic N) is 1. The smallest absolute Gasteiger partial charge is 0.416 e. The molecular formula is C18H22F3NO3. The molecule has 1 aromatic rings. The van der Waals surface area contributed by atoms with E-state index in [1.807, 2.05) is 0 Å². The molecule has 2 atom stereocenters. The zero-order chi connectivity index (χ0) is 18.8. The van der Waals surface area contributed by atoms with E-state index in [9.17, 15) is 22.8 Å². The van der Waals surface area contributed by atoms with Crippen LogP contribution in [0.3, 0.4) is 0 Å². The summed E-state index contributed by atoms with van der Waals surface area (Å²) in [5.74, 6) is -0.984. The number of amides is 1. The number of hydrogen-bond acceptors (Lipinski definition) is 3. The number of methoxy groups -OCH3 is 1.